The predicted octanol–water partition coefficient (Wildman–Crippen LogP) is 6.16. The molecule has 0 saturated carbocycles. The van der Waals surface area contributed by atoms with Gasteiger partial charge in [-0.15, -0.1) is 0 Å². The molecule has 1 amide bonds. The van der Waals surface area contributed by atoms with Gasteiger partial charge in [-0.25, -0.2) is 0 Å². The molecular formula is C28H55N3O3. The van der Waals surface area contributed by atoms with Crippen LogP contribution in [-0.4, -0.2) is 62.0 Å². The van der Waals surface area contributed by atoms with Crippen LogP contribution in [0.4, 0.5) is 0 Å². The predicted molar refractivity (Wildman–Crippen MR) is 148 cm³/mol. The van der Waals surface area contributed by atoms with Crippen LogP contribution in [0.1, 0.15) is 88.0 Å². The average molecular weight is 482 g/mol. The number of carbonyl (C=O) groups is 2. The van der Waals surface area contributed by atoms with Crippen molar-refractivity contribution < 1.29 is 14.3 Å². The van der Waals surface area contributed by atoms with E-state index in [1.165, 1.54) is 24.7 Å². The zero-order chi connectivity index (χ0) is 27.3. The summed E-state index contributed by atoms with van der Waals surface area (Å²) in [6, 6.07) is -0.353. The summed E-state index contributed by atoms with van der Waals surface area (Å²) in [4.78, 5) is 28.2. The molecule has 0 bridgehead atoms. The van der Waals surface area contributed by atoms with Crippen LogP contribution in [0.5, 0.6) is 0 Å². The number of hydrogen-bond donors (Lipinski definition) is 1. The molecular weight excluding hydrogens is 426 g/mol. The Balaban J connectivity index is -0.00000124. The first-order valence-electron chi connectivity index (χ1n) is 12.9. The van der Waals surface area contributed by atoms with E-state index in [1.54, 1.807) is 0 Å². The molecule has 1 aliphatic rings. The Hall–Kier alpha value is -2.08. The quantitative estimate of drug-likeness (QED) is 0.379. The third kappa shape index (κ3) is 16.5. The molecule has 6 heteroatoms. The highest BCUT2D eigenvalue weighted by Crippen LogP contribution is 2.28. The standard InChI is InChI=1S/C21H35N3O3.C3H8.2C2H6/c1-15(2)12-19(21(26)22-10-8-20(25)27-7)24-14-18(9-11-23(5)6)16(3)13-17(24)4;1-3-2;2*1-2/h13-15,19H,4,8-12H2,1-3,5-7H3,(H,22,26);3H2,1-2H3;2*1-2H3. The number of nitrogens with zero attached hydrogens (tertiary/aromatic N) is 2. The molecule has 0 aliphatic carbocycles. The monoisotopic (exact) mass is 481 g/mol. The van der Waals surface area contributed by atoms with Crippen molar-refractivity contribution in [2.75, 3.05) is 34.3 Å². The van der Waals surface area contributed by atoms with Gasteiger partial charge in [0.1, 0.15) is 6.04 Å². The number of ether oxygens (including phenoxy) is 1. The first-order chi connectivity index (χ1) is 16.1. The van der Waals surface area contributed by atoms with E-state index in [-0.39, 0.29) is 30.9 Å². The smallest absolute Gasteiger partial charge is 0.307 e. The molecule has 0 radical (unpaired) electrons. The Bertz CT molecular complexity index is 622. The molecule has 0 aromatic heterocycles. The zero-order valence-electron chi connectivity index (χ0n) is 24.4. The highest BCUT2D eigenvalue weighted by molar-refractivity contribution is 5.83. The molecule has 0 aromatic rings. The number of methoxy groups -OCH3 is 1. The van der Waals surface area contributed by atoms with E-state index >= 15 is 0 Å². The highest BCUT2D eigenvalue weighted by atomic mass is 16.5. The third-order valence-electron chi connectivity index (χ3n) is 4.53. The lowest BCUT2D eigenvalue weighted by atomic mass is 9.96. The molecule has 1 atom stereocenters. The SMILES string of the molecule is C=C1C=C(C)C(CCN(C)C)=CN1C(CC(C)C)C(=O)NCCC(=O)OC.CC.CC.CCC. The number of hydrogen-bond acceptors (Lipinski definition) is 5. The van der Waals surface area contributed by atoms with Gasteiger partial charge in [0.2, 0.25) is 5.91 Å². The summed E-state index contributed by atoms with van der Waals surface area (Å²) in [5.41, 5.74) is 3.22. The minimum atomic E-state index is -0.353. The zero-order valence-corrected chi connectivity index (χ0v) is 24.4. The van der Waals surface area contributed by atoms with Gasteiger partial charge < -0.3 is 19.9 Å². The van der Waals surface area contributed by atoms with Gasteiger partial charge in [-0.3, -0.25) is 9.59 Å². The van der Waals surface area contributed by atoms with Crippen LogP contribution in [0.2, 0.25) is 0 Å². The van der Waals surface area contributed by atoms with Crippen LogP contribution in [0.3, 0.4) is 0 Å². The van der Waals surface area contributed by atoms with E-state index in [2.05, 4.69) is 76.4 Å². The van der Waals surface area contributed by atoms with Crippen LogP contribution >= 0.6 is 0 Å². The van der Waals surface area contributed by atoms with Gasteiger partial charge in [-0.1, -0.05) is 68.4 Å². The van der Waals surface area contributed by atoms with E-state index in [0.29, 0.717) is 12.3 Å². The number of amides is 1. The van der Waals surface area contributed by atoms with E-state index in [0.717, 1.165) is 18.7 Å². The third-order valence-corrected chi connectivity index (χ3v) is 4.53. The summed E-state index contributed by atoms with van der Waals surface area (Å²) in [5, 5.41) is 2.87. The van der Waals surface area contributed by atoms with Crippen molar-refractivity contribution in [1.29, 1.82) is 0 Å². The molecule has 1 unspecified atom stereocenters. The average Bonchev–Trinajstić information content (AvgIpc) is 2.80. The van der Waals surface area contributed by atoms with Gasteiger partial charge in [0.15, 0.2) is 0 Å². The topological polar surface area (TPSA) is 61.9 Å². The number of rotatable bonds is 10. The fraction of sp³-hybridized carbons (Fsp3) is 0.714. The van der Waals surface area contributed by atoms with Crippen molar-refractivity contribution in [2.45, 2.75) is 94.0 Å². The highest BCUT2D eigenvalue weighted by Gasteiger charge is 2.28. The Morgan fingerprint density at radius 1 is 1.15 bits per heavy atom. The Kier molecular flexibility index (Phi) is 24.4. The van der Waals surface area contributed by atoms with Crippen molar-refractivity contribution in [1.82, 2.24) is 15.1 Å². The summed E-state index contributed by atoms with van der Waals surface area (Å²) in [6.07, 6.45) is 7.14. The van der Waals surface area contributed by atoms with Crippen molar-refractivity contribution in [3.8, 4) is 0 Å². The second-order valence-corrected chi connectivity index (χ2v) is 8.40. The maximum atomic E-state index is 12.8. The van der Waals surface area contributed by atoms with E-state index < -0.39 is 0 Å². The minimum Gasteiger partial charge on any atom is -0.469 e. The van der Waals surface area contributed by atoms with Crippen LogP contribution in [0, 0.1) is 5.92 Å². The molecule has 200 valence electrons. The molecule has 1 aliphatic heterocycles. The summed E-state index contributed by atoms with van der Waals surface area (Å²) in [5.74, 6) is -0.0766. The van der Waals surface area contributed by atoms with Crippen molar-refractivity contribution in [2.24, 2.45) is 5.92 Å². The van der Waals surface area contributed by atoms with Crippen LogP contribution in [-0.2, 0) is 14.3 Å². The second-order valence-electron chi connectivity index (χ2n) is 8.40. The first kappa shape index (κ1) is 36.5. The number of allylic oxidation sites excluding steroid dienone is 2. The van der Waals surface area contributed by atoms with Crippen LogP contribution in [0.25, 0.3) is 0 Å². The summed E-state index contributed by atoms with van der Waals surface area (Å²) in [7, 11) is 5.45. The molecule has 1 heterocycles. The van der Waals surface area contributed by atoms with E-state index in [9.17, 15) is 9.59 Å². The molecule has 34 heavy (non-hydrogen) atoms. The second kappa shape index (κ2) is 22.7. The van der Waals surface area contributed by atoms with Gasteiger partial charge in [-0.2, -0.15) is 0 Å². The molecule has 1 rings (SSSR count). The molecule has 0 aromatic carbocycles. The lowest BCUT2D eigenvalue weighted by Crippen LogP contribution is -2.46. The van der Waals surface area contributed by atoms with Crippen molar-refractivity contribution in [3.63, 3.8) is 0 Å². The Morgan fingerprint density at radius 3 is 2.12 bits per heavy atom. The molecule has 0 spiro atoms. The lowest BCUT2D eigenvalue weighted by molar-refractivity contribution is -0.140. The van der Waals surface area contributed by atoms with E-state index in [1.807, 2.05) is 38.7 Å². The van der Waals surface area contributed by atoms with Gasteiger partial charge in [0, 0.05) is 25.0 Å². The van der Waals surface area contributed by atoms with Crippen molar-refractivity contribution in [3.05, 3.63) is 35.7 Å². The van der Waals surface area contributed by atoms with Crippen LogP contribution < -0.4 is 5.32 Å². The summed E-state index contributed by atoms with van der Waals surface area (Å²) in [6.45, 7) is 23.9. The molecule has 0 fully saturated rings. The molecule has 1 N–H and O–H groups in total. The molecule has 6 nitrogen and oxygen atoms in total. The molecule has 0 saturated heterocycles. The van der Waals surface area contributed by atoms with Gasteiger partial charge in [0.25, 0.3) is 0 Å². The number of carbonyl (C=O) groups excluding carboxylic acids is 2. The number of esters is 1. The van der Waals surface area contributed by atoms with Crippen LogP contribution in [0.15, 0.2) is 35.7 Å². The minimum absolute atomic E-state index is 0.0927. The lowest BCUT2D eigenvalue weighted by Gasteiger charge is -2.35. The van der Waals surface area contributed by atoms with Gasteiger partial charge in [0.05, 0.1) is 13.5 Å². The normalized spacial score (nSPS) is 13.2. The first-order valence-corrected chi connectivity index (χ1v) is 12.9. The summed E-state index contributed by atoms with van der Waals surface area (Å²) < 4.78 is 4.63. The Morgan fingerprint density at radius 2 is 1.68 bits per heavy atom. The fourth-order valence-corrected chi connectivity index (χ4v) is 2.97. The fourth-order valence-electron chi connectivity index (χ4n) is 2.97. The Labute approximate surface area is 211 Å². The largest absolute Gasteiger partial charge is 0.469 e. The maximum absolute atomic E-state index is 12.8. The van der Waals surface area contributed by atoms with Gasteiger partial charge >= 0.3 is 5.97 Å². The maximum Gasteiger partial charge on any atom is 0.307 e. The number of nitrogens with one attached hydrogen (secondary N) is 1. The summed E-state index contributed by atoms with van der Waals surface area (Å²) >= 11 is 0. The van der Waals surface area contributed by atoms with E-state index in [4.69, 9.17) is 0 Å². The van der Waals surface area contributed by atoms with Crippen molar-refractivity contribution >= 4 is 11.9 Å². The van der Waals surface area contributed by atoms with Gasteiger partial charge in [-0.05, 0) is 57.0 Å².